The largest absolute Gasteiger partial charge is 0.349 e. The molecule has 2 aromatic carbocycles. The van der Waals surface area contributed by atoms with Gasteiger partial charge in [0.2, 0.25) is 0 Å². The molecule has 2 aromatic rings. The molecule has 6 heteroatoms. The van der Waals surface area contributed by atoms with Crippen molar-refractivity contribution < 1.29 is 13.2 Å². The highest BCUT2D eigenvalue weighted by atomic mass is 32.2. The molecule has 0 heterocycles. The number of amides is 1. The van der Waals surface area contributed by atoms with E-state index in [4.69, 9.17) is 0 Å². The van der Waals surface area contributed by atoms with Crippen LogP contribution in [0.25, 0.3) is 0 Å². The molecule has 126 valence electrons. The van der Waals surface area contributed by atoms with Crippen LogP contribution in [0.1, 0.15) is 35.7 Å². The van der Waals surface area contributed by atoms with E-state index in [9.17, 15) is 13.2 Å². The Labute approximate surface area is 142 Å². The third-order valence-corrected chi connectivity index (χ3v) is 5.35. The molecule has 0 aromatic heterocycles. The predicted octanol–water partition coefficient (Wildman–Crippen LogP) is 2.94. The summed E-state index contributed by atoms with van der Waals surface area (Å²) >= 11 is 0. The molecule has 1 saturated carbocycles. The van der Waals surface area contributed by atoms with Crippen LogP contribution in [-0.2, 0) is 16.4 Å². The first-order valence-electron chi connectivity index (χ1n) is 8.01. The number of hydrogen-bond acceptors (Lipinski definition) is 3. The molecule has 1 amide bonds. The lowest BCUT2D eigenvalue weighted by Crippen LogP contribution is -2.27. The number of hydrogen-bond donors (Lipinski definition) is 2. The van der Waals surface area contributed by atoms with Crippen molar-refractivity contribution in [2.24, 2.45) is 0 Å². The topological polar surface area (TPSA) is 75.3 Å². The zero-order chi connectivity index (χ0) is 17.2. The second-order valence-corrected chi connectivity index (χ2v) is 7.58. The smallest absolute Gasteiger partial charge is 0.261 e. The van der Waals surface area contributed by atoms with E-state index in [-0.39, 0.29) is 22.5 Å². The minimum absolute atomic E-state index is 0.178. The van der Waals surface area contributed by atoms with Crippen molar-refractivity contribution >= 4 is 21.6 Å². The summed E-state index contributed by atoms with van der Waals surface area (Å²) in [6.45, 7) is 2.01. The van der Waals surface area contributed by atoms with Crippen molar-refractivity contribution in [3.8, 4) is 0 Å². The number of rotatable bonds is 6. The maximum Gasteiger partial charge on any atom is 0.261 e. The van der Waals surface area contributed by atoms with Crippen molar-refractivity contribution in [3.05, 3.63) is 59.7 Å². The third kappa shape index (κ3) is 3.76. The SMILES string of the molecule is CCc1ccc(S(=O)(=O)Nc2ccccc2C(=O)NC2CC2)cc1. The van der Waals surface area contributed by atoms with Gasteiger partial charge in [0.25, 0.3) is 15.9 Å². The highest BCUT2D eigenvalue weighted by Gasteiger charge is 2.25. The molecule has 0 saturated heterocycles. The Morgan fingerprint density at radius 2 is 1.75 bits per heavy atom. The second-order valence-electron chi connectivity index (χ2n) is 5.90. The average molecular weight is 344 g/mol. The van der Waals surface area contributed by atoms with Gasteiger partial charge in [0.1, 0.15) is 0 Å². The fraction of sp³-hybridized carbons (Fsp3) is 0.278. The summed E-state index contributed by atoms with van der Waals surface area (Å²) < 4.78 is 27.7. The molecule has 1 fully saturated rings. The normalized spacial score (nSPS) is 14.2. The van der Waals surface area contributed by atoms with Crippen LogP contribution in [-0.4, -0.2) is 20.4 Å². The lowest BCUT2D eigenvalue weighted by atomic mass is 10.1. The molecule has 0 aliphatic heterocycles. The molecule has 2 N–H and O–H groups in total. The van der Waals surface area contributed by atoms with Crippen LogP contribution in [0, 0.1) is 0 Å². The van der Waals surface area contributed by atoms with Gasteiger partial charge in [-0.05, 0) is 49.1 Å². The van der Waals surface area contributed by atoms with Crippen molar-refractivity contribution in [1.29, 1.82) is 0 Å². The van der Waals surface area contributed by atoms with Crippen molar-refractivity contribution in [1.82, 2.24) is 5.32 Å². The van der Waals surface area contributed by atoms with E-state index in [1.807, 2.05) is 6.92 Å². The molecule has 1 aliphatic carbocycles. The van der Waals surface area contributed by atoms with Gasteiger partial charge < -0.3 is 5.32 Å². The molecular formula is C18H20N2O3S. The Bertz CT molecular complexity index is 841. The molecule has 1 aliphatic rings. The molecule has 0 bridgehead atoms. The number of anilines is 1. The predicted molar refractivity (Wildman–Crippen MR) is 93.6 cm³/mol. The summed E-state index contributed by atoms with van der Waals surface area (Å²) in [5, 5.41) is 2.88. The summed E-state index contributed by atoms with van der Waals surface area (Å²) in [5.41, 5.74) is 1.69. The van der Waals surface area contributed by atoms with Crippen LogP contribution >= 0.6 is 0 Å². The average Bonchev–Trinajstić information content (AvgIpc) is 3.39. The van der Waals surface area contributed by atoms with Gasteiger partial charge in [-0.25, -0.2) is 8.42 Å². The van der Waals surface area contributed by atoms with Gasteiger partial charge in [0, 0.05) is 6.04 Å². The van der Waals surface area contributed by atoms with Crippen LogP contribution in [0.3, 0.4) is 0 Å². The summed E-state index contributed by atoms with van der Waals surface area (Å²) in [6.07, 6.45) is 2.80. The number of carbonyl (C=O) groups is 1. The van der Waals surface area contributed by atoms with E-state index in [0.717, 1.165) is 24.8 Å². The van der Waals surface area contributed by atoms with E-state index >= 15 is 0 Å². The molecule has 0 radical (unpaired) electrons. The second kappa shape index (κ2) is 6.65. The fourth-order valence-electron chi connectivity index (χ4n) is 2.37. The van der Waals surface area contributed by atoms with Crippen molar-refractivity contribution in [2.45, 2.75) is 37.1 Å². The summed E-state index contributed by atoms with van der Waals surface area (Å²) in [4.78, 5) is 12.5. The number of para-hydroxylation sites is 1. The molecular weight excluding hydrogens is 324 g/mol. The summed E-state index contributed by atoms with van der Waals surface area (Å²) in [7, 11) is -3.74. The van der Waals surface area contributed by atoms with E-state index in [1.54, 1.807) is 48.5 Å². The van der Waals surface area contributed by atoms with Gasteiger partial charge in [-0.1, -0.05) is 31.2 Å². The monoisotopic (exact) mass is 344 g/mol. The van der Waals surface area contributed by atoms with Gasteiger partial charge in [0.15, 0.2) is 0 Å². The standard InChI is InChI=1S/C18H20N2O3S/c1-2-13-7-11-15(12-8-13)24(22,23)20-17-6-4-3-5-16(17)18(21)19-14-9-10-14/h3-8,11-12,14,20H,2,9-10H2,1H3,(H,19,21). The van der Waals surface area contributed by atoms with E-state index < -0.39 is 10.0 Å². The first-order chi connectivity index (χ1) is 11.5. The Hall–Kier alpha value is -2.34. The third-order valence-electron chi connectivity index (χ3n) is 3.97. The molecule has 0 atom stereocenters. The van der Waals surface area contributed by atoms with Crippen molar-refractivity contribution in [3.63, 3.8) is 0 Å². The fourth-order valence-corrected chi connectivity index (χ4v) is 3.45. The van der Waals surface area contributed by atoms with Crippen LogP contribution in [0.5, 0.6) is 0 Å². The van der Waals surface area contributed by atoms with Gasteiger partial charge in [-0.15, -0.1) is 0 Å². The highest BCUT2D eigenvalue weighted by molar-refractivity contribution is 7.92. The number of carbonyl (C=O) groups excluding carboxylic acids is 1. The lowest BCUT2D eigenvalue weighted by molar-refractivity contribution is 0.0952. The maximum atomic E-state index is 12.6. The number of nitrogens with one attached hydrogen (secondary N) is 2. The first kappa shape index (κ1) is 16.5. The Balaban J connectivity index is 1.85. The molecule has 0 unspecified atom stereocenters. The van der Waals surface area contributed by atoms with Crippen LogP contribution in [0.4, 0.5) is 5.69 Å². The molecule has 5 nitrogen and oxygen atoms in total. The quantitative estimate of drug-likeness (QED) is 0.846. The molecule has 24 heavy (non-hydrogen) atoms. The number of sulfonamides is 1. The lowest BCUT2D eigenvalue weighted by Gasteiger charge is -2.13. The zero-order valence-corrected chi connectivity index (χ0v) is 14.3. The first-order valence-corrected chi connectivity index (χ1v) is 9.49. The van der Waals surface area contributed by atoms with Gasteiger partial charge in [-0.2, -0.15) is 0 Å². The van der Waals surface area contributed by atoms with Crippen LogP contribution in [0.2, 0.25) is 0 Å². The summed E-state index contributed by atoms with van der Waals surface area (Å²) in [6, 6.07) is 13.6. The molecule has 0 spiro atoms. The zero-order valence-electron chi connectivity index (χ0n) is 13.5. The van der Waals surface area contributed by atoms with Crippen LogP contribution in [0.15, 0.2) is 53.4 Å². The van der Waals surface area contributed by atoms with Crippen molar-refractivity contribution in [2.75, 3.05) is 4.72 Å². The van der Waals surface area contributed by atoms with Crippen LogP contribution < -0.4 is 10.0 Å². The maximum absolute atomic E-state index is 12.6. The van der Waals surface area contributed by atoms with Gasteiger partial charge in [0.05, 0.1) is 16.1 Å². The minimum Gasteiger partial charge on any atom is -0.349 e. The Morgan fingerprint density at radius 3 is 2.38 bits per heavy atom. The minimum atomic E-state index is -3.74. The summed E-state index contributed by atoms with van der Waals surface area (Å²) in [5.74, 6) is -0.253. The number of benzene rings is 2. The van der Waals surface area contributed by atoms with E-state index in [2.05, 4.69) is 10.0 Å². The molecule has 3 rings (SSSR count). The Kier molecular flexibility index (Phi) is 4.57. The van der Waals surface area contributed by atoms with E-state index in [1.165, 1.54) is 0 Å². The van der Waals surface area contributed by atoms with Gasteiger partial charge >= 0.3 is 0 Å². The Morgan fingerprint density at radius 1 is 1.08 bits per heavy atom. The highest BCUT2D eigenvalue weighted by Crippen LogP contribution is 2.23. The van der Waals surface area contributed by atoms with E-state index in [0.29, 0.717) is 5.56 Å². The van der Waals surface area contributed by atoms with Gasteiger partial charge in [-0.3, -0.25) is 9.52 Å². The number of aryl methyl sites for hydroxylation is 1.